The number of rotatable bonds is 8. The summed E-state index contributed by atoms with van der Waals surface area (Å²) in [4.78, 5) is 2.37. The van der Waals surface area contributed by atoms with Crippen molar-refractivity contribution in [2.45, 2.75) is 58.2 Å². The van der Waals surface area contributed by atoms with Gasteiger partial charge in [0, 0.05) is 20.1 Å². The highest BCUT2D eigenvalue weighted by Gasteiger charge is 2.33. The average molecular weight is 242 g/mol. The first-order chi connectivity index (χ1) is 8.26. The Morgan fingerprint density at radius 1 is 1.18 bits per heavy atom. The Balaban J connectivity index is 2.52. The lowest BCUT2D eigenvalue weighted by Crippen LogP contribution is -2.44. The van der Waals surface area contributed by atoms with E-state index in [2.05, 4.69) is 18.4 Å². The summed E-state index contributed by atoms with van der Waals surface area (Å²) in [7, 11) is 1.76. The third-order valence-corrected chi connectivity index (χ3v) is 3.38. The van der Waals surface area contributed by atoms with Crippen LogP contribution in [-0.2, 0) is 9.47 Å². The molecule has 3 heteroatoms. The van der Waals surface area contributed by atoms with Crippen molar-refractivity contribution in [3.05, 3.63) is 6.54 Å². The minimum Gasteiger partial charge on any atom is -0.352 e. The fourth-order valence-corrected chi connectivity index (χ4v) is 2.38. The van der Waals surface area contributed by atoms with Crippen molar-refractivity contribution in [1.29, 1.82) is 0 Å². The van der Waals surface area contributed by atoms with E-state index in [1.807, 2.05) is 6.92 Å². The second-order valence-electron chi connectivity index (χ2n) is 4.78. The first-order valence-electron chi connectivity index (χ1n) is 7.05. The van der Waals surface area contributed by atoms with Gasteiger partial charge < -0.3 is 9.47 Å². The van der Waals surface area contributed by atoms with Crippen LogP contribution < -0.4 is 0 Å². The van der Waals surface area contributed by atoms with Gasteiger partial charge in [0.1, 0.15) is 0 Å². The molecule has 1 heterocycles. The van der Waals surface area contributed by atoms with Crippen molar-refractivity contribution >= 4 is 0 Å². The molecule has 1 saturated heterocycles. The van der Waals surface area contributed by atoms with Gasteiger partial charge in [0.2, 0.25) is 0 Å². The molecule has 0 saturated carbocycles. The standard InChI is InChI=1S/C14H28NO2/c1-4-6-10-14(16-3,17-5-2)13-15-11-8-7-9-12-15/h13H,4-12H2,1-3H3. The van der Waals surface area contributed by atoms with Gasteiger partial charge in [-0.15, -0.1) is 0 Å². The summed E-state index contributed by atoms with van der Waals surface area (Å²) in [5.74, 6) is -0.498. The number of ether oxygens (including phenoxy) is 2. The molecule has 3 nitrogen and oxygen atoms in total. The summed E-state index contributed by atoms with van der Waals surface area (Å²) >= 11 is 0. The molecule has 0 spiro atoms. The normalized spacial score (nSPS) is 21.4. The molecular weight excluding hydrogens is 214 g/mol. The molecule has 1 atom stereocenters. The van der Waals surface area contributed by atoms with Crippen molar-refractivity contribution in [2.75, 3.05) is 26.8 Å². The third kappa shape index (κ3) is 4.94. The molecule has 1 fully saturated rings. The predicted molar refractivity (Wildman–Crippen MR) is 70.6 cm³/mol. The molecule has 1 radical (unpaired) electrons. The number of hydrogen-bond acceptors (Lipinski definition) is 3. The molecule has 0 bridgehead atoms. The van der Waals surface area contributed by atoms with E-state index in [4.69, 9.17) is 9.47 Å². The Labute approximate surface area is 106 Å². The van der Waals surface area contributed by atoms with E-state index in [0.29, 0.717) is 6.61 Å². The van der Waals surface area contributed by atoms with Gasteiger partial charge in [-0.1, -0.05) is 19.8 Å². The fourth-order valence-electron chi connectivity index (χ4n) is 2.38. The van der Waals surface area contributed by atoms with Crippen molar-refractivity contribution < 1.29 is 9.47 Å². The van der Waals surface area contributed by atoms with Crippen LogP contribution in [0.25, 0.3) is 0 Å². The monoisotopic (exact) mass is 242 g/mol. The van der Waals surface area contributed by atoms with E-state index in [9.17, 15) is 0 Å². The van der Waals surface area contributed by atoms with Gasteiger partial charge in [-0.2, -0.15) is 0 Å². The van der Waals surface area contributed by atoms with Crippen LogP contribution in [0.5, 0.6) is 0 Å². The molecule has 1 rings (SSSR count). The van der Waals surface area contributed by atoms with Crippen molar-refractivity contribution in [1.82, 2.24) is 4.90 Å². The molecule has 0 aromatic carbocycles. The minimum atomic E-state index is -0.498. The molecule has 0 aromatic heterocycles. The van der Waals surface area contributed by atoms with Crippen molar-refractivity contribution in [2.24, 2.45) is 0 Å². The van der Waals surface area contributed by atoms with Crippen LogP contribution >= 0.6 is 0 Å². The molecule has 0 aromatic rings. The van der Waals surface area contributed by atoms with Crippen LogP contribution in [0.3, 0.4) is 0 Å². The molecule has 101 valence electrons. The largest absolute Gasteiger partial charge is 0.352 e. The summed E-state index contributed by atoms with van der Waals surface area (Å²) in [6.07, 6.45) is 7.19. The van der Waals surface area contributed by atoms with Gasteiger partial charge in [0.15, 0.2) is 5.79 Å². The van der Waals surface area contributed by atoms with Gasteiger partial charge in [-0.3, -0.25) is 4.90 Å². The SMILES string of the molecule is CCCCC([CH]N1CCCCC1)(OC)OCC. The number of nitrogens with zero attached hydrogens (tertiary/aromatic N) is 1. The fraction of sp³-hybridized carbons (Fsp3) is 0.929. The van der Waals surface area contributed by atoms with Crippen LogP contribution in [0.15, 0.2) is 0 Å². The minimum absolute atomic E-state index is 0.498. The quantitative estimate of drug-likeness (QED) is 0.610. The average Bonchev–Trinajstić information content (AvgIpc) is 2.37. The molecule has 0 N–H and O–H groups in total. The maximum absolute atomic E-state index is 5.86. The van der Waals surface area contributed by atoms with Crippen LogP contribution in [0.1, 0.15) is 52.4 Å². The third-order valence-electron chi connectivity index (χ3n) is 3.38. The highest BCUT2D eigenvalue weighted by Crippen LogP contribution is 2.27. The highest BCUT2D eigenvalue weighted by atomic mass is 16.7. The number of hydrogen-bond donors (Lipinski definition) is 0. The smallest absolute Gasteiger partial charge is 0.185 e. The molecule has 1 aliphatic rings. The maximum Gasteiger partial charge on any atom is 0.185 e. The van der Waals surface area contributed by atoms with E-state index in [0.717, 1.165) is 25.9 Å². The molecule has 0 aliphatic carbocycles. The van der Waals surface area contributed by atoms with E-state index < -0.39 is 5.79 Å². The van der Waals surface area contributed by atoms with Gasteiger partial charge in [-0.25, -0.2) is 0 Å². The first kappa shape index (κ1) is 14.9. The van der Waals surface area contributed by atoms with Crippen LogP contribution in [0.2, 0.25) is 0 Å². The maximum atomic E-state index is 5.86. The zero-order valence-electron chi connectivity index (χ0n) is 11.7. The number of piperidine rings is 1. The van der Waals surface area contributed by atoms with Gasteiger partial charge >= 0.3 is 0 Å². The van der Waals surface area contributed by atoms with Gasteiger partial charge in [0.05, 0.1) is 6.54 Å². The topological polar surface area (TPSA) is 21.7 Å². The Kier molecular flexibility index (Phi) is 7.09. The van der Waals surface area contributed by atoms with Crippen molar-refractivity contribution in [3.8, 4) is 0 Å². The van der Waals surface area contributed by atoms with Crippen LogP contribution in [-0.4, -0.2) is 37.5 Å². The Morgan fingerprint density at radius 2 is 1.88 bits per heavy atom. The van der Waals surface area contributed by atoms with Crippen LogP contribution in [0, 0.1) is 6.54 Å². The summed E-state index contributed by atoms with van der Waals surface area (Å²) < 4.78 is 11.5. The predicted octanol–water partition coefficient (Wildman–Crippen LogP) is 3.20. The zero-order valence-corrected chi connectivity index (χ0v) is 11.7. The Morgan fingerprint density at radius 3 is 2.41 bits per heavy atom. The molecule has 1 aliphatic heterocycles. The van der Waals surface area contributed by atoms with E-state index >= 15 is 0 Å². The van der Waals surface area contributed by atoms with E-state index in [-0.39, 0.29) is 0 Å². The Bertz CT molecular complexity index is 193. The lowest BCUT2D eigenvalue weighted by atomic mass is 10.1. The second-order valence-corrected chi connectivity index (χ2v) is 4.78. The molecule has 0 amide bonds. The van der Waals surface area contributed by atoms with E-state index in [1.54, 1.807) is 7.11 Å². The molecule has 1 unspecified atom stereocenters. The van der Waals surface area contributed by atoms with E-state index in [1.165, 1.54) is 25.7 Å². The highest BCUT2D eigenvalue weighted by molar-refractivity contribution is 4.88. The zero-order chi connectivity index (χ0) is 12.6. The lowest BCUT2D eigenvalue weighted by molar-refractivity contribution is -0.214. The summed E-state index contributed by atoms with van der Waals surface area (Å²) in [5, 5.41) is 0. The summed E-state index contributed by atoms with van der Waals surface area (Å²) in [6, 6.07) is 0. The number of likely N-dealkylation sites (tertiary alicyclic amines) is 1. The van der Waals surface area contributed by atoms with Gasteiger partial charge in [-0.05, 0) is 39.3 Å². The first-order valence-corrected chi connectivity index (χ1v) is 7.05. The summed E-state index contributed by atoms with van der Waals surface area (Å²) in [5.41, 5.74) is 0. The molecular formula is C14H28NO2. The number of methoxy groups -OCH3 is 1. The van der Waals surface area contributed by atoms with Gasteiger partial charge in [0.25, 0.3) is 0 Å². The van der Waals surface area contributed by atoms with Crippen molar-refractivity contribution in [3.63, 3.8) is 0 Å². The van der Waals surface area contributed by atoms with Crippen LogP contribution in [0.4, 0.5) is 0 Å². The lowest BCUT2D eigenvalue weighted by Gasteiger charge is -2.38. The molecule has 17 heavy (non-hydrogen) atoms. The summed E-state index contributed by atoms with van der Waals surface area (Å²) in [6.45, 7) is 9.40. The second kappa shape index (κ2) is 8.06. The Hall–Kier alpha value is -0.120. The number of unbranched alkanes of at least 4 members (excludes halogenated alkanes) is 1.